The van der Waals surface area contributed by atoms with Gasteiger partial charge in [0.05, 0.1) is 80.9 Å². The van der Waals surface area contributed by atoms with Crippen molar-refractivity contribution in [3.05, 3.63) is 50.1 Å². The van der Waals surface area contributed by atoms with Crippen LogP contribution in [-0.2, 0) is 9.59 Å². The third kappa shape index (κ3) is 11.6. The SMILES string of the molecule is CC(=O)N(CC1CN(C(C)=O)c2c(C)c(C(=O)NCC(O)CO)c(C)c(C(=O)NCC(O)CO)c2O1)c1c(C)c(C(=O)NCC(O)CO)c(C)c(C(=O)NCC(O)CO)c1C. The molecule has 61 heavy (non-hydrogen) atoms. The predicted molar refractivity (Wildman–Crippen MR) is 219 cm³/mol. The zero-order valence-corrected chi connectivity index (χ0v) is 35.3. The lowest BCUT2D eigenvalue weighted by atomic mass is 9.89. The highest BCUT2D eigenvalue weighted by molar-refractivity contribution is 6.10. The Morgan fingerprint density at radius 3 is 1.28 bits per heavy atom. The number of benzene rings is 2. The molecule has 0 spiro atoms. The van der Waals surface area contributed by atoms with Gasteiger partial charge in [0.1, 0.15) is 6.10 Å². The predicted octanol–water partition coefficient (Wildman–Crippen LogP) is -3.27. The van der Waals surface area contributed by atoms with Crippen molar-refractivity contribution in [3.8, 4) is 5.75 Å². The summed E-state index contributed by atoms with van der Waals surface area (Å²) in [6, 6.07) is 0. The molecule has 0 bridgehead atoms. The molecule has 0 aromatic heterocycles. The molecule has 0 radical (unpaired) electrons. The lowest BCUT2D eigenvalue weighted by Crippen LogP contribution is -2.50. The minimum atomic E-state index is -1.36. The fraction of sp³-hybridized carbons (Fsp3) is 0.550. The van der Waals surface area contributed by atoms with Gasteiger partial charge in [-0.25, -0.2) is 0 Å². The number of aliphatic hydroxyl groups is 8. The fourth-order valence-corrected chi connectivity index (χ4v) is 7.24. The number of amides is 6. The summed E-state index contributed by atoms with van der Waals surface area (Å²) in [7, 11) is 0. The van der Waals surface area contributed by atoms with Crippen LogP contribution >= 0.6 is 0 Å². The van der Waals surface area contributed by atoms with Gasteiger partial charge >= 0.3 is 0 Å². The summed E-state index contributed by atoms with van der Waals surface area (Å²) in [5.41, 5.74) is 0.548. The van der Waals surface area contributed by atoms with Crippen molar-refractivity contribution in [2.45, 2.75) is 79.0 Å². The average Bonchev–Trinajstić information content (AvgIpc) is 3.21. The molecule has 5 atom stereocenters. The van der Waals surface area contributed by atoms with Crippen molar-refractivity contribution in [1.29, 1.82) is 0 Å². The molecule has 6 amide bonds. The monoisotopic (exact) mass is 862 g/mol. The lowest BCUT2D eigenvalue weighted by Gasteiger charge is -2.40. The highest BCUT2D eigenvalue weighted by atomic mass is 16.5. The Bertz CT molecular complexity index is 1940. The number of nitrogens with one attached hydrogen (secondary N) is 4. The maximum absolute atomic E-state index is 14.0. The molecule has 1 heterocycles. The normalized spacial score (nSPS) is 15.4. The van der Waals surface area contributed by atoms with E-state index in [0.717, 1.165) is 0 Å². The van der Waals surface area contributed by atoms with Crippen molar-refractivity contribution in [3.63, 3.8) is 0 Å². The summed E-state index contributed by atoms with van der Waals surface area (Å²) in [6.45, 7) is 5.16. The van der Waals surface area contributed by atoms with Gasteiger partial charge in [-0.2, -0.15) is 0 Å². The summed E-state index contributed by atoms with van der Waals surface area (Å²) >= 11 is 0. The first kappa shape index (κ1) is 50.1. The van der Waals surface area contributed by atoms with Crippen LogP contribution in [0.1, 0.15) is 83.1 Å². The first-order chi connectivity index (χ1) is 28.7. The maximum atomic E-state index is 14.0. The van der Waals surface area contributed by atoms with Crippen molar-refractivity contribution >= 4 is 46.8 Å². The van der Waals surface area contributed by atoms with Crippen LogP contribution in [0.3, 0.4) is 0 Å². The van der Waals surface area contributed by atoms with Crippen molar-refractivity contribution in [2.75, 3.05) is 75.5 Å². The van der Waals surface area contributed by atoms with Gasteiger partial charge in [0.2, 0.25) is 11.8 Å². The summed E-state index contributed by atoms with van der Waals surface area (Å²) < 4.78 is 6.50. The second kappa shape index (κ2) is 22.0. The Kier molecular flexibility index (Phi) is 18.1. The Labute approximate surface area is 352 Å². The van der Waals surface area contributed by atoms with Gasteiger partial charge in [-0.3, -0.25) is 28.8 Å². The van der Waals surface area contributed by atoms with E-state index in [-0.39, 0.29) is 99.9 Å². The first-order valence-electron chi connectivity index (χ1n) is 19.5. The number of ether oxygens (including phenoxy) is 1. The minimum absolute atomic E-state index is 0.0279. The number of anilines is 2. The molecule has 0 fully saturated rings. The summed E-state index contributed by atoms with van der Waals surface area (Å²) in [5, 5.41) is 87.2. The number of nitrogens with zero attached hydrogens (tertiary/aromatic N) is 2. The third-order valence-electron chi connectivity index (χ3n) is 10.2. The van der Waals surface area contributed by atoms with E-state index in [2.05, 4.69) is 21.3 Å². The zero-order chi connectivity index (χ0) is 46.0. The van der Waals surface area contributed by atoms with E-state index in [1.165, 1.54) is 58.3 Å². The lowest BCUT2D eigenvalue weighted by molar-refractivity contribution is -0.117. The summed E-state index contributed by atoms with van der Waals surface area (Å²) in [6.07, 6.45) is -6.43. The zero-order valence-electron chi connectivity index (χ0n) is 35.3. The van der Waals surface area contributed by atoms with Crippen molar-refractivity contribution in [2.24, 2.45) is 0 Å². The minimum Gasteiger partial charge on any atom is -0.484 e. The molecule has 2 aromatic rings. The first-order valence-corrected chi connectivity index (χ1v) is 19.5. The molecule has 21 nitrogen and oxygen atoms in total. The quantitative estimate of drug-likeness (QED) is 0.0660. The number of carbonyl (C=O) groups is 6. The van der Waals surface area contributed by atoms with Crippen LogP contribution < -0.4 is 35.8 Å². The fourth-order valence-electron chi connectivity index (χ4n) is 7.24. The second-order valence-electron chi connectivity index (χ2n) is 14.8. The van der Waals surface area contributed by atoms with Gasteiger partial charge in [0.25, 0.3) is 23.6 Å². The summed E-state index contributed by atoms with van der Waals surface area (Å²) in [5.74, 6) is -4.49. The molecule has 2 aromatic carbocycles. The molecule has 0 saturated carbocycles. The van der Waals surface area contributed by atoms with E-state index in [9.17, 15) is 69.6 Å². The molecule has 1 aliphatic heterocycles. The Morgan fingerprint density at radius 1 is 0.590 bits per heavy atom. The standard InChI is InChI=1S/C40H58N6O15/c1-18-30(37(57)41-8-25(53)14-47)20(3)34(21(4)31(18)38(58)42-9-26(54)15-48)45(23(6)51)12-29-13-46(24(7)52)35-22(5)32(39(59)43-10-27(55)16-49)19(2)33(36(35)61-29)40(60)44-11-28(56)17-50/h25-29,47-50,53-56H,8-17H2,1-7H3,(H,41,57)(H,42,58)(H,43,59)(H,44,60). The van der Waals surface area contributed by atoms with Crippen LogP contribution in [0.15, 0.2) is 0 Å². The topological polar surface area (TPSA) is 328 Å². The molecule has 21 heteroatoms. The molecule has 0 aliphatic carbocycles. The van der Waals surface area contributed by atoms with E-state index in [1.54, 1.807) is 0 Å². The number of hydrogen-bond donors (Lipinski definition) is 12. The molecule has 0 saturated heterocycles. The van der Waals surface area contributed by atoms with E-state index in [1.807, 2.05) is 0 Å². The average molecular weight is 863 g/mol. The number of fused-ring (bicyclic) bond motifs is 1. The second-order valence-corrected chi connectivity index (χ2v) is 14.8. The van der Waals surface area contributed by atoms with E-state index >= 15 is 0 Å². The van der Waals surface area contributed by atoms with Gasteiger partial charge in [0, 0.05) is 56.7 Å². The van der Waals surface area contributed by atoms with Crippen LogP contribution in [0.2, 0.25) is 0 Å². The van der Waals surface area contributed by atoms with Crippen LogP contribution in [0.4, 0.5) is 11.4 Å². The Hall–Kier alpha value is -5.26. The Balaban J connectivity index is 2.30. The van der Waals surface area contributed by atoms with Crippen molar-refractivity contribution in [1.82, 2.24) is 21.3 Å². The van der Waals surface area contributed by atoms with Gasteiger partial charge in [-0.05, 0) is 62.4 Å². The molecule has 5 unspecified atom stereocenters. The number of hydrogen-bond acceptors (Lipinski definition) is 15. The Morgan fingerprint density at radius 2 is 0.934 bits per heavy atom. The van der Waals surface area contributed by atoms with Crippen LogP contribution in [0, 0.1) is 34.6 Å². The molecule has 3 rings (SSSR count). The highest BCUT2D eigenvalue weighted by Gasteiger charge is 2.39. The number of carbonyl (C=O) groups excluding carboxylic acids is 6. The molecule has 12 N–H and O–H groups in total. The van der Waals surface area contributed by atoms with E-state index in [4.69, 9.17) is 4.74 Å². The number of aliphatic hydroxyl groups excluding tert-OH is 8. The maximum Gasteiger partial charge on any atom is 0.255 e. The smallest absolute Gasteiger partial charge is 0.255 e. The molecular weight excluding hydrogens is 804 g/mol. The third-order valence-corrected chi connectivity index (χ3v) is 10.2. The van der Waals surface area contributed by atoms with E-state index in [0.29, 0.717) is 0 Å². The molecular formula is C40H58N6O15. The van der Waals surface area contributed by atoms with Gasteiger partial charge in [-0.15, -0.1) is 0 Å². The highest BCUT2D eigenvalue weighted by Crippen LogP contribution is 2.44. The van der Waals surface area contributed by atoms with Crippen LogP contribution in [0.25, 0.3) is 0 Å². The van der Waals surface area contributed by atoms with E-state index < -0.39 is 98.9 Å². The van der Waals surface area contributed by atoms with Crippen LogP contribution in [-0.4, -0.2) is 173 Å². The summed E-state index contributed by atoms with van der Waals surface area (Å²) in [4.78, 5) is 84.7. The molecule has 338 valence electrons. The van der Waals surface area contributed by atoms with Gasteiger partial charge in [-0.1, -0.05) is 0 Å². The molecule has 1 aliphatic rings. The largest absolute Gasteiger partial charge is 0.484 e. The van der Waals surface area contributed by atoms with Gasteiger partial charge in [0.15, 0.2) is 5.75 Å². The van der Waals surface area contributed by atoms with Crippen LogP contribution in [0.5, 0.6) is 5.75 Å². The number of rotatable bonds is 19. The van der Waals surface area contributed by atoms with Crippen molar-refractivity contribution < 1.29 is 74.4 Å². The van der Waals surface area contributed by atoms with Gasteiger partial charge < -0.3 is 76.7 Å².